The van der Waals surface area contributed by atoms with Crippen LogP contribution in [0.3, 0.4) is 0 Å². The second-order valence-corrected chi connectivity index (χ2v) is 21.2. The van der Waals surface area contributed by atoms with E-state index in [1.165, 1.54) is 27.3 Å². The molecule has 2 N–H and O–H groups in total. The third-order valence-electron chi connectivity index (χ3n) is 14.4. The van der Waals surface area contributed by atoms with Crippen molar-refractivity contribution in [1.82, 2.24) is 45.0 Å². The number of urea groups is 1. The number of benzene rings is 1. The van der Waals surface area contributed by atoms with Crippen molar-refractivity contribution in [2.24, 2.45) is 16.7 Å². The number of nitrogens with one attached hydrogen (secondary N) is 2. The quantitative estimate of drug-likeness (QED) is 0.132. The number of rotatable bonds is 9. The SMILES string of the molecule is C=CC(=O)N1CC[C@]2(CCN(C(=O)N(C)[C@H](C(=O)N[C@H]3Cc4nc(cs4)-c4ccc5c(c4)c(c(-c4cccnc4[C@H](C)OC)n5CC)CC(C)(C)COC(=O)[C@@H]4CCCN(N4)C3=O)C(C)C)C2)C1.S.S.S.S.S. The molecule has 3 saturated heterocycles. The lowest BCUT2D eigenvalue weighted by Gasteiger charge is -2.37. The van der Waals surface area contributed by atoms with Crippen molar-refractivity contribution < 1.29 is 33.4 Å². The summed E-state index contributed by atoms with van der Waals surface area (Å²) in [6.45, 7) is 19.1. The molecule has 4 aromatic rings. The zero-order valence-corrected chi connectivity index (χ0v) is 49.1. The smallest absolute Gasteiger partial charge is 0.324 e. The monoisotopic (exact) mass is 1120 g/mol. The summed E-state index contributed by atoms with van der Waals surface area (Å²) in [7, 11) is 3.32. The molecular weight excluding hydrogens is 1040 g/mol. The molecule has 1 spiro atoms. The largest absolute Gasteiger partial charge is 0.464 e. The first-order chi connectivity index (χ1) is 32.5. The van der Waals surface area contributed by atoms with Crippen molar-refractivity contribution in [3.8, 4) is 22.5 Å². The van der Waals surface area contributed by atoms with Crippen LogP contribution in [-0.4, -0.2) is 136 Å². The molecule has 0 aliphatic carbocycles. The summed E-state index contributed by atoms with van der Waals surface area (Å²) in [6.07, 6.45) is 6.09. The molecule has 6 bridgehead atoms. The van der Waals surface area contributed by atoms with E-state index in [1.54, 1.807) is 30.2 Å². The zero-order chi connectivity index (χ0) is 48.7. The number of carbonyl (C=O) groups is 5. The molecule has 3 fully saturated rings. The summed E-state index contributed by atoms with van der Waals surface area (Å²) >= 11 is 1.42. The topological polar surface area (TPSA) is 172 Å². The van der Waals surface area contributed by atoms with Crippen LogP contribution >= 0.6 is 78.8 Å². The first kappa shape index (κ1) is 63.4. The van der Waals surface area contributed by atoms with Crippen LogP contribution in [0, 0.1) is 16.7 Å². The molecule has 4 aliphatic rings. The van der Waals surface area contributed by atoms with Crippen molar-refractivity contribution in [2.75, 3.05) is 53.5 Å². The van der Waals surface area contributed by atoms with E-state index in [0.29, 0.717) is 63.5 Å². The number of hydrogen-bond acceptors (Lipinski definition) is 11. The average Bonchev–Trinajstić information content (AvgIpc) is 4.15. The first-order valence-corrected chi connectivity index (χ1v) is 24.9. The van der Waals surface area contributed by atoms with E-state index in [4.69, 9.17) is 19.4 Å². The van der Waals surface area contributed by atoms with Gasteiger partial charge < -0.3 is 34.1 Å². The molecule has 5 atom stereocenters. The highest BCUT2D eigenvalue weighted by atomic mass is 32.1. The Bertz CT molecular complexity index is 2610. The van der Waals surface area contributed by atoms with Gasteiger partial charge in [-0.25, -0.2) is 15.2 Å². The van der Waals surface area contributed by atoms with Gasteiger partial charge in [-0.05, 0) is 87.8 Å². The van der Waals surface area contributed by atoms with E-state index in [1.807, 2.05) is 32.2 Å². The molecule has 22 heteroatoms. The van der Waals surface area contributed by atoms with Crippen LogP contribution in [0.15, 0.2) is 54.6 Å². The van der Waals surface area contributed by atoms with Crippen molar-refractivity contribution in [3.05, 3.63) is 70.8 Å². The van der Waals surface area contributed by atoms with Gasteiger partial charge in [0, 0.05) is 104 Å². The molecule has 0 saturated carbocycles. The lowest BCUT2D eigenvalue weighted by Crippen LogP contribution is -2.62. The number of cyclic esters (lactones) is 1. The molecule has 3 aromatic heterocycles. The van der Waals surface area contributed by atoms with Crippen LogP contribution in [0.2, 0.25) is 0 Å². The number of fused-ring (bicyclic) bond motifs is 6. The van der Waals surface area contributed by atoms with Gasteiger partial charge in [-0.15, -0.1) is 11.3 Å². The number of amides is 5. The number of methoxy groups -OCH3 is 1. The lowest BCUT2D eigenvalue weighted by atomic mass is 9.84. The van der Waals surface area contributed by atoms with Crippen LogP contribution in [-0.2, 0) is 48.0 Å². The second kappa shape index (κ2) is 26.2. The van der Waals surface area contributed by atoms with Gasteiger partial charge in [-0.3, -0.25) is 29.2 Å². The molecule has 404 valence electrons. The van der Waals surface area contributed by atoms with Gasteiger partial charge in [0.1, 0.15) is 18.1 Å². The predicted octanol–water partition coefficient (Wildman–Crippen LogP) is 6.95. The van der Waals surface area contributed by atoms with Crippen LogP contribution < -0.4 is 10.7 Å². The number of pyridine rings is 1. The third kappa shape index (κ3) is 13.2. The molecule has 5 amide bonds. The minimum Gasteiger partial charge on any atom is -0.464 e. The van der Waals surface area contributed by atoms with E-state index >= 15 is 0 Å². The Kier molecular flexibility index (Phi) is 22.8. The maximum Gasteiger partial charge on any atom is 0.324 e. The number of hydrogen-bond donors (Lipinski definition) is 2. The number of likely N-dealkylation sites (tertiary alicyclic amines) is 2. The molecule has 0 unspecified atom stereocenters. The summed E-state index contributed by atoms with van der Waals surface area (Å²) in [4.78, 5) is 84.8. The fourth-order valence-corrected chi connectivity index (χ4v) is 11.6. The third-order valence-corrected chi connectivity index (χ3v) is 15.3. The molecule has 8 rings (SSSR count). The number of esters is 1. The van der Waals surface area contributed by atoms with Crippen molar-refractivity contribution in [1.29, 1.82) is 0 Å². The highest BCUT2D eigenvalue weighted by Gasteiger charge is 2.47. The summed E-state index contributed by atoms with van der Waals surface area (Å²) in [6, 6.07) is 7.38. The van der Waals surface area contributed by atoms with E-state index in [0.717, 1.165) is 57.5 Å². The molecule has 0 radical (unpaired) electrons. The summed E-state index contributed by atoms with van der Waals surface area (Å²) in [5.74, 6) is -1.75. The number of aromatic nitrogens is 3. The fraction of sp³-hybridized carbons (Fsp3) is 0.549. The minimum absolute atomic E-state index is 0. The highest BCUT2D eigenvalue weighted by Crippen LogP contribution is 2.43. The van der Waals surface area contributed by atoms with Gasteiger partial charge in [0.15, 0.2) is 0 Å². The van der Waals surface area contributed by atoms with Gasteiger partial charge in [0.05, 0.1) is 34.8 Å². The fourth-order valence-electron chi connectivity index (χ4n) is 10.8. The number of aryl methyl sites for hydroxylation is 1. The number of thiazole rings is 1. The van der Waals surface area contributed by atoms with Crippen molar-refractivity contribution in [2.45, 2.75) is 111 Å². The summed E-state index contributed by atoms with van der Waals surface area (Å²) in [5.41, 5.74) is 9.10. The van der Waals surface area contributed by atoms with Crippen LogP contribution in [0.4, 0.5) is 4.79 Å². The van der Waals surface area contributed by atoms with E-state index in [-0.39, 0.29) is 110 Å². The molecule has 73 heavy (non-hydrogen) atoms. The van der Waals surface area contributed by atoms with E-state index < -0.39 is 41.3 Å². The minimum atomic E-state index is -1.08. The standard InChI is InChI=1S/C51H67N9O7S.5H2S/c1-10-42(61)57-22-18-51(28-57)19-23-58(29-51)49(65)56(8)44(31(3)4)46(62)54-38-25-41-53-39(27-68-41)33-16-17-40-35(24-33)36(45(59(40)11-2)34-14-12-20-52-43(34)32(5)66-9)26-50(6,7)30-67-48(64)37-15-13-21-60(55-37)47(38)63;;;;;/h10,12,14,16-17,20,24,27,31-32,37-38,44,55H,1,11,13,15,18-19,21-23,25-26,28-30H2,2-9H3,(H,54,62);5*1H2/t32-,37-,38-,44-,51-;;;;;/m0...../s1. The van der Waals surface area contributed by atoms with Crippen molar-refractivity contribution >= 4 is 119 Å². The molecule has 4 aliphatic heterocycles. The molecule has 7 heterocycles. The summed E-state index contributed by atoms with van der Waals surface area (Å²) < 4.78 is 14.3. The van der Waals surface area contributed by atoms with Gasteiger partial charge >= 0.3 is 12.0 Å². The Morgan fingerprint density at radius 3 is 2.41 bits per heavy atom. The first-order valence-electron chi connectivity index (χ1n) is 24.0. The second-order valence-electron chi connectivity index (χ2n) is 20.2. The van der Waals surface area contributed by atoms with Gasteiger partial charge in [-0.2, -0.15) is 67.5 Å². The van der Waals surface area contributed by atoms with Gasteiger partial charge in [0.2, 0.25) is 11.8 Å². The molecule has 1 aromatic carbocycles. The Labute approximate surface area is 469 Å². The Balaban J connectivity index is 0.00000281. The Hall–Kier alpha value is -3.90. The molecule has 16 nitrogen and oxygen atoms in total. The highest BCUT2D eigenvalue weighted by molar-refractivity contribution is 7.60. The van der Waals surface area contributed by atoms with Gasteiger partial charge in [0.25, 0.3) is 5.91 Å². The van der Waals surface area contributed by atoms with Crippen LogP contribution in [0.5, 0.6) is 0 Å². The molecular formula is C51H77N9O7S6. The predicted molar refractivity (Wildman–Crippen MR) is 313 cm³/mol. The Morgan fingerprint density at radius 2 is 1.74 bits per heavy atom. The lowest BCUT2D eigenvalue weighted by molar-refractivity contribution is -0.155. The Morgan fingerprint density at radius 1 is 1.04 bits per heavy atom. The van der Waals surface area contributed by atoms with Crippen molar-refractivity contribution in [3.63, 3.8) is 0 Å². The normalized spacial score (nSPS) is 21.3. The number of ether oxygens (including phenoxy) is 2. The summed E-state index contributed by atoms with van der Waals surface area (Å²) in [5, 5.41) is 8.17. The van der Waals surface area contributed by atoms with E-state index in [2.05, 4.69) is 66.9 Å². The van der Waals surface area contributed by atoms with Gasteiger partial charge in [-0.1, -0.05) is 40.3 Å². The number of hydrazine groups is 1. The average molecular weight is 1120 g/mol. The van der Waals surface area contributed by atoms with Crippen LogP contribution in [0.25, 0.3) is 33.4 Å². The van der Waals surface area contributed by atoms with Crippen LogP contribution in [0.1, 0.15) is 89.6 Å². The van der Waals surface area contributed by atoms with E-state index in [9.17, 15) is 24.0 Å². The number of nitrogens with zero attached hydrogens (tertiary/aromatic N) is 7. The maximum absolute atomic E-state index is 14.7. The zero-order valence-electron chi connectivity index (χ0n) is 43.3. The maximum atomic E-state index is 14.7. The number of likely N-dealkylation sites (N-methyl/N-ethyl adjacent to an activating group) is 1. The number of carbonyl (C=O) groups excluding carboxylic acids is 5.